The highest BCUT2D eigenvalue weighted by Crippen LogP contribution is 1.96. The summed E-state index contributed by atoms with van der Waals surface area (Å²) >= 11 is 0. The van der Waals surface area contributed by atoms with E-state index >= 15 is 0 Å². The molecule has 0 radical (unpaired) electrons. The minimum atomic E-state index is -4.02. The lowest BCUT2D eigenvalue weighted by Gasteiger charge is -2.01. The van der Waals surface area contributed by atoms with Crippen LogP contribution in [0.4, 0.5) is 0 Å². The van der Waals surface area contributed by atoms with Crippen molar-refractivity contribution in [1.29, 1.82) is 0 Å². The molecule has 0 aliphatic heterocycles. The third-order valence-electron chi connectivity index (χ3n) is 0.728. The third kappa shape index (κ3) is 7.73. The monoisotopic (exact) mass is 228 g/mol. The van der Waals surface area contributed by atoms with Crippen LogP contribution in [0.15, 0.2) is 0 Å². The first kappa shape index (κ1) is 12.4. The SMILES string of the molecule is C#CCOS(=O)(=O)COS(C)(=O)=O. The minimum Gasteiger partial charge on any atom is -0.255 e. The van der Waals surface area contributed by atoms with E-state index in [-0.39, 0.29) is 0 Å². The molecule has 0 aliphatic carbocycles. The van der Waals surface area contributed by atoms with E-state index in [9.17, 15) is 16.8 Å². The predicted molar refractivity (Wildman–Crippen MR) is 44.5 cm³/mol. The van der Waals surface area contributed by atoms with E-state index < -0.39 is 32.8 Å². The van der Waals surface area contributed by atoms with Crippen LogP contribution in [0.1, 0.15) is 0 Å². The first-order chi connectivity index (χ1) is 5.77. The lowest BCUT2D eigenvalue weighted by atomic mass is 10.8. The number of terminal acetylenes is 1. The summed E-state index contributed by atoms with van der Waals surface area (Å²) in [7, 11) is -7.81. The molecule has 0 N–H and O–H groups in total. The third-order valence-corrected chi connectivity index (χ3v) is 2.31. The average molecular weight is 228 g/mol. The molecule has 0 bridgehead atoms. The van der Waals surface area contributed by atoms with Crippen LogP contribution in [0, 0.1) is 12.3 Å². The quantitative estimate of drug-likeness (QED) is 0.438. The molecule has 0 aliphatic rings. The van der Waals surface area contributed by atoms with Gasteiger partial charge in [0, 0.05) is 0 Å². The van der Waals surface area contributed by atoms with Crippen LogP contribution in [0.25, 0.3) is 0 Å². The predicted octanol–water partition coefficient (Wildman–Crippen LogP) is -1.10. The van der Waals surface area contributed by atoms with Crippen LogP contribution in [0.2, 0.25) is 0 Å². The van der Waals surface area contributed by atoms with Gasteiger partial charge in [0.1, 0.15) is 6.61 Å². The normalized spacial score (nSPS) is 12.3. The summed E-state index contributed by atoms with van der Waals surface area (Å²) in [6.07, 6.45) is 5.45. The largest absolute Gasteiger partial charge is 0.294 e. The second-order valence-corrected chi connectivity index (χ2v) is 5.19. The zero-order valence-electron chi connectivity index (χ0n) is 6.76. The zero-order valence-corrected chi connectivity index (χ0v) is 8.39. The fourth-order valence-electron chi connectivity index (χ4n) is 0.304. The Balaban J connectivity index is 4.15. The topological polar surface area (TPSA) is 86.7 Å². The standard InChI is InChI=1S/C5H8O6S2/c1-3-4-10-13(8,9)5-11-12(2,6)7/h1H,4-5H2,2H3. The lowest BCUT2D eigenvalue weighted by molar-refractivity contribution is 0.314. The molecule has 0 fully saturated rings. The fourth-order valence-corrected chi connectivity index (χ4v) is 1.79. The van der Waals surface area contributed by atoms with E-state index in [1.165, 1.54) is 0 Å². The Morgan fingerprint density at radius 1 is 1.23 bits per heavy atom. The summed E-state index contributed by atoms with van der Waals surface area (Å²) < 4.78 is 50.3. The Labute approximate surface area is 77.1 Å². The van der Waals surface area contributed by atoms with Gasteiger partial charge in [0.05, 0.1) is 6.26 Å². The van der Waals surface area contributed by atoms with Gasteiger partial charge in [-0.15, -0.1) is 6.42 Å². The van der Waals surface area contributed by atoms with Crippen molar-refractivity contribution in [2.24, 2.45) is 0 Å². The van der Waals surface area contributed by atoms with E-state index in [2.05, 4.69) is 8.37 Å². The molecule has 0 atom stereocenters. The molecule has 13 heavy (non-hydrogen) atoms. The highest BCUT2D eigenvalue weighted by Gasteiger charge is 2.14. The summed E-state index contributed by atoms with van der Waals surface area (Å²) in [6.45, 7) is -0.449. The molecular weight excluding hydrogens is 220 g/mol. The molecule has 8 heteroatoms. The fraction of sp³-hybridized carbons (Fsp3) is 0.600. The molecule has 76 valence electrons. The van der Waals surface area contributed by atoms with E-state index in [4.69, 9.17) is 6.42 Å². The Hall–Kier alpha value is -0.620. The molecule has 0 rings (SSSR count). The van der Waals surface area contributed by atoms with Crippen molar-refractivity contribution in [3.8, 4) is 12.3 Å². The lowest BCUT2D eigenvalue weighted by Crippen LogP contribution is -2.16. The second kappa shape index (κ2) is 4.57. The van der Waals surface area contributed by atoms with Crippen LogP contribution < -0.4 is 0 Å². The van der Waals surface area contributed by atoms with Gasteiger partial charge in [0.25, 0.3) is 20.2 Å². The highest BCUT2D eigenvalue weighted by molar-refractivity contribution is 7.89. The Kier molecular flexibility index (Phi) is 4.35. The van der Waals surface area contributed by atoms with Crippen molar-refractivity contribution in [2.45, 2.75) is 0 Å². The summed E-state index contributed by atoms with van der Waals surface area (Å²) in [5.41, 5.74) is 0. The maximum Gasteiger partial charge on any atom is 0.294 e. The van der Waals surface area contributed by atoms with E-state index in [1.54, 1.807) is 0 Å². The molecule has 0 amide bonds. The Morgan fingerprint density at radius 3 is 2.15 bits per heavy atom. The zero-order chi connectivity index (χ0) is 10.5. The number of rotatable bonds is 5. The van der Waals surface area contributed by atoms with E-state index in [0.29, 0.717) is 0 Å². The number of hydrogen-bond donors (Lipinski definition) is 0. The molecule has 0 unspecified atom stereocenters. The van der Waals surface area contributed by atoms with Crippen LogP contribution in [0.3, 0.4) is 0 Å². The Morgan fingerprint density at radius 2 is 1.77 bits per heavy atom. The van der Waals surface area contributed by atoms with Gasteiger partial charge in [-0.2, -0.15) is 16.8 Å². The van der Waals surface area contributed by atoms with Crippen LogP contribution >= 0.6 is 0 Å². The maximum absolute atomic E-state index is 10.7. The smallest absolute Gasteiger partial charge is 0.255 e. The van der Waals surface area contributed by atoms with Gasteiger partial charge in [-0.3, -0.25) is 8.37 Å². The minimum absolute atomic E-state index is 0.449. The first-order valence-corrected chi connectivity index (χ1v) is 6.31. The van der Waals surface area contributed by atoms with E-state index in [0.717, 1.165) is 6.26 Å². The summed E-state index contributed by atoms with van der Waals surface area (Å²) in [5.74, 6) is 0.853. The van der Waals surface area contributed by atoms with Gasteiger partial charge in [-0.05, 0) is 0 Å². The van der Waals surface area contributed by atoms with Crippen molar-refractivity contribution in [3.05, 3.63) is 0 Å². The summed E-state index contributed by atoms with van der Waals surface area (Å²) in [4.78, 5) is 0. The molecule has 0 saturated heterocycles. The molecule has 0 aromatic rings. The van der Waals surface area contributed by atoms with Gasteiger partial charge in [-0.1, -0.05) is 5.92 Å². The van der Waals surface area contributed by atoms with Gasteiger partial charge in [0.2, 0.25) is 0 Å². The second-order valence-electron chi connectivity index (χ2n) is 1.96. The van der Waals surface area contributed by atoms with E-state index in [1.807, 2.05) is 5.92 Å². The molecule has 0 saturated carbocycles. The van der Waals surface area contributed by atoms with Gasteiger partial charge in [0.15, 0.2) is 5.94 Å². The maximum atomic E-state index is 10.7. The molecule has 0 heterocycles. The van der Waals surface area contributed by atoms with Crippen LogP contribution in [0.5, 0.6) is 0 Å². The average Bonchev–Trinajstić information content (AvgIpc) is 1.97. The van der Waals surface area contributed by atoms with Crippen LogP contribution in [-0.2, 0) is 28.6 Å². The van der Waals surface area contributed by atoms with Gasteiger partial charge in [-0.25, -0.2) is 0 Å². The molecule has 0 aromatic heterocycles. The van der Waals surface area contributed by atoms with Crippen molar-refractivity contribution < 1.29 is 25.2 Å². The number of hydrogen-bond acceptors (Lipinski definition) is 6. The van der Waals surface area contributed by atoms with Gasteiger partial charge >= 0.3 is 0 Å². The molecule has 0 spiro atoms. The van der Waals surface area contributed by atoms with Crippen molar-refractivity contribution in [1.82, 2.24) is 0 Å². The summed E-state index contributed by atoms with van der Waals surface area (Å²) in [6, 6.07) is 0. The van der Waals surface area contributed by atoms with Crippen molar-refractivity contribution >= 4 is 20.2 Å². The van der Waals surface area contributed by atoms with Crippen molar-refractivity contribution in [2.75, 3.05) is 18.8 Å². The highest BCUT2D eigenvalue weighted by atomic mass is 32.2. The summed E-state index contributed by atoms with van der Waals surface area (Å²) in [5, 5.41) is 0. The van der Waals surface area contributed by atoms with Gasteiger partial charge < -0.3 is 0 Å². The van der Waals surface area contributed by atoms with Crippen LogP contribution in [-0.4, -0.2) is 35.6 Å². The van der Waals surface area contributed by atoms with Crippen molar-refractivity contribution in [3.63, 3.8) is 0 Å². The molecular formula is C5H8O6S2. The first-order valence-electron chi connectivity index (χ1n) is 2.92. The Bertz CT molecular complexity index is 383. The molecule has 0 aromatic carbocycles. The molecule has 6 nitrogen and oxygen atoms in total.